The summed E-state index contributed by atoms with van der Waals surface area (Å²) in [5, 5.41) is 4.34. The first-order valence-corrected chi connectivity index (χ1v) is 10.5. The van der Waals surface area contributed by atoms with Gasteiger partial charge in [0.1, 0.15) is 5.00 Å². The molecular weight excluding hydrogens is 382 g/mol. The molecule has 0 atom stereocenters. The quantitative estimate of drug-likeness (QED) is 0.485. The summed E-state index contributed by atoms with van der Waals surface area (Å²) in [5.74, 6) is -0.615. The van der Waals surface area contributed by atoms with Gasteiger partial charge < -0.3 is 19.9 Å². The Labute approximate surface area is 171 Å². The average Bonchev–Trinajstić information content (AvgIpc) is 2.96. The van der Waals surface area contributed by atoms with E-state index in [0.29, 0.717) is 26.1 Å². The van der Waals surface area contributed by atoms with Crippen LogP contribution in [0.15, 0.2) is 0 Å². The van der Waals surface area contributed by atoms with E-state index in [9.17, 15) is 9.59 Å². The highest BCUT2D eigenvalue weighted by molar-refractivity contribution is 7.80. The van der Waals surface area contributed by atoms with Crippen LogP contribution in [0.2, 0.25) is 0 Å². The molecule has 1 aromatic rings. The van der Waals surface area contributed by atoms with Gasteiger partial charge in [0, 0.05) is 27.2 Å². The molecule has 0 unspecified atom stereocenters. The van der Waals surface area contributed by atoms with Gasteiger partial charge in [0.2, 0.25) is 0 Å². The Bertz CT molecular complexity index is 663. The van der Waals surface area contributed by atoms with Gasteiger partial charge in [-0.2, -0.15) is 0 Å². The van der Waals surface area contributed by atoms with Crippen molar-refractivity contribution in [2.45, 2.75) is 46.5 Å². The first-order chi connectivity index (χ1) is 12.8. The number of esters is 1. The van der Waals surface area contributed by atoms with E-state index in [0.717, 1.165) is 38.8 Å². The minimum atomic E-state index is -0.472. The average molecular weight is 414 g/mol. The van der Waals surface area contributed by atoms with Gasteiger partial charge in [-0.3, -0.25) is 4.79 Å². The number of amides is 1. The second-order valence-corrected chi connectivity index (χ2v) is 7.98. The fourth-order valence-corrected chi connectivity index (χ4v) is 4.11. The molecule has 1 rings (SSSR count). The molecule has 27 heavy (non-hydrogen) atoms. The fraction of sp³-hybridized carbons (Fsp3) is 0.632. The number of methoxy groups -OCH3 is 1. The molecule has 6 nitrogen and oxygen atoms in total. The number of nitrogens with zero attached hydrogens (tertiary/aromatic N) is 2. The van der Waals surface area contributed by atoms with Crippen molar-refractivity contribution < 1.29 is 14.3 Å². The highest BCUT2D eigenvalue weighted by Crippen LogP contribution is 2.34. The summed E-state index contributed by atoms with van der Waals surface area (Å²) in [6.07, 6.45) is 4.25. The Balaban J connectivity index is 3.18. The largest absolute Gasteiger partial charge is 0.465 e. The van der Waals surface area contributed by atoms with Gasteiger partial charge in [0.15, 0.2) is 5.11 Å². The first kappa shape index (κ1) is 23.4. The van der Waals surface area contributed by atoms with Crippen LogP contribution in [0.1, 0.15) is 65.1 Å². The van der Waals surface area contributed by atoms with Crippen LogP contribution in [0.5, 0.6) is 0 Å². The van der Waals surface area contributed by atoms with E-state index in [1.165, 1.54) is 23.3 Å². The zero-order valence-corrected chi connectivity index (χ0v) is 18.8. The Morgan fingerprint density at radius 2 is 1.70 bits per heavy atom. The molecule has 0 saturated carbocycles. The number of thiophene rings is 1. The third-order valence-corrected chi connectivity index (χ3v) is 5.76. The number of ether oxygens (including phenoxy) is 1. The van der Waals surface area contributed by atoms with Crippen molar-refractivity contribution in [3.63, 3.8) is 0 Å². The molecule has 0 fully saturated rings. The number of rotatable bonds is 9. The van der Waals surface area contributed by atoms with Gasteiger partial charge in [-0.1, -0.05) is 26.7 Å². The van der Waals surface area contributed by atoms with Crippen LogP contribution in [0, 0.1) is 6.92 Å². The summed E-state index contributed by atoms with van der Waals surface area (Å²) < 4.78 is 4.93. The monoisotopic (exact) mass is 413 g/mol. The molecule has 0 radical (unpaired) electrons. The van der Waals surface area contributed by atoms with Gasteiger partial charge in [0.25, 0.3) is 5.91 Å². The van der Waals surface area contributed by atoms with Crippen molar-refractivity contribution in [2.75, 3.05) is 39.6 Å². The number of thiocarbonyl (C=S) groups is 1. The normalized spacial score (nSPS) is 10.4. The number of hydrogen-bond acceptors (Lipinski definition) is 5. The number of carbonyl (C=O) groups is 2. The van der Waals surface area contributed by atoms with Gasteiger partial charge in [-0.05, 0) is 37.5 Å². The van der Waals surface area contributed by atoms with Crippen molar-refractivity contribution in [1.29, 1.82) is 0 Å². The van der Waals surface area contributed by atoms with Crippen LogP contribution in [0.3, 0.4) is 0 Å². The Morgan fingerprint density at radius 3 is 2.15 bits per heavy atom. The topological polar surface area (TPSA) is 61.9 Å². The maximum absolute atomic E-state index is 12.5. The lowest BCUT2D eigenvalue weighted by Gasteiger charge is -2.25. The van der Waals surface area contributed by atoms with Crippen LogP contribution in [0.4, 0.5) is 5.00 Å². The second kappa shape index (κ2) is 11.2. The standard InChI is InChI=1S/C19H31N3O3S2/c1-7-9-11-22(12-10-8-2)19(26)20-16-14(18(24)25-6)13(3)15(27-16)17(23)21(4)5/h7-12H2,1-6H3,(H,20,26). The summed E-state index contributed by atoms with van der Waals surface area (Å²) >= 11 is 6.85. The summed E-state index contributed by atoms with van der Waals surface area (Å²) in [5.41, 5.74) is 0.991. The molecule has 1 amide bonds. The number of hydrogen-bond donors (Lipinski definition) is 1. The molecule has 1 N–H and O–H groups in total. The molecule has 1 heterocycles. The molecule has 0 aliphatic rings. The molecule has 0 saturated heterocycles. The molecule has 0 aliphatic carbocycles. The molecule has 0 bridgehead atoms. The van der Waals surface area contributed by atoms with Crippen LogP contribution in [-0.2, 0) is 4.74 Å². The van der Waals surface area contributed by atoms with E-state index in [-0.39, 0.29) is 5.91 Å². The molecule has 0 aromatic carbocycles. The fourth-order valence-electron chi connectivity index (χ4n) is 2.55. The van der Waals surface area contributed by atoms with E-state index in [1.807, 2.05) is 0 Å². The predicted molar refractivity (Wildman–Crippen MR) is 116 cm³/mol. The molecule has 0 aliphatic heterocycles. The summed E-state index contributed by atoms with van der Waals surface area (Å²) in [7, 11) is 4.71. The van der Waals surface area contributed by atoms with Gasteiger partial charge in [-0.15, -0.1) is 11.3 Å². The maximum Gasteiger partial charge on any atom is 0.341 e. The van der Waals surface area contributed by atoms with Crippen LogP contribution in [0.25, 0.3) is 0 Å². The molecule has 1 aromatic heterocycles. The minimum absolute atomic E-state index is 0.143. The third kappa shape index (κ3) is 6.17. The van der Waals surface area contributed by atoms with Crippen molar-refractivity contribution in [2.24, 2.45) is 0 Å². The van der Waals surface area contributed by atoms with Gasteiger partial charge in [-0.25, -0.2) is 4.79 Å². The zero-order valence-electron chi connectivity index (χ0n) is 17.2. The molecule has 152 valence electrons. The number of unbranched alkanes of at least 4 members (excludes halogenated alkanes) is 2. The second-order valence-electron chi connectivity index (χ2n) is 6.58. The summed E-state index contributed by atoms with van der Waals surface area (Å²) in [4.78, 5) is 28.9. The summed E-state index contributed by atoms with van der Waals surface area (Å²) in [6, 6.07) is 0. The number of carbonyl (C=O) groups excluding carboxylic acids is 2. The molecule has 8 heteroatoms. The van der Waals surface area contributed by atoms with Crippen LogP contribution >= 0.6 is 23.6 Å². The SMILES string of the molecule is CCCCN(CCCC)C(=S)Nc1sc(C(=O)N(C)C)c(C)c1C(=O)OC. The first-order valence-electron chi connectivity index (χ1n) is 9.27. The number of anilines is 1. The van der Waals surface area contributed by atoms with Crippen molar-refractivity contribution in [1.82, 2.24) is 9.80 Å². The van der Waals surface area contributed by atoms with Gasteiger partial charge >= 0.3 is 5.97 Å². The minimum Gasteiger partial charge on any atom is -0.465 e. The van der Waals surface area contributed by atoms with Crippen LogP contribution in [-0.4, -0.2) is 61.1 Å². The van der Waals surface area contributed by atoms with E-state index < -0.39 is 5.97 Å². The van der Waals surface area contributed by atoms with E-state index >= 15 is 0 Å². The predicted octanol–water partition coefficient (Wildman–Crippen LogP) is 4.14. The van der Waals surface area contributed by atoms with Crippen molar-refractivity contribution >= 4 is 45.5 Å². The Morgan fingerprint density at radius 1 is 1.15 bits per heavy atom. The highest BCUT2D eigenvalue weighted by atomic mass is 32.1. The van der Waals surface area contributed by atoms with Gasteiger partial charge in [0.05, 0.1) is 17.6 Å². The Kier molecular flexibility index (Phi) is 9.73. The van der Waals surface area contributed by atoms with Crippen molar-refractivity contribution in [3.05, 3.63) is 16.0 Å². The lowest BCUT2D eigenvalue weighted by Crippen LogP contribution is -2.36. The lowest BCUT2D eigenvalue weighted by atomic mass is 10.1. The number of nitrogens with one attached hydrogen (secondary N) is 1. The maximum atomic E-state index is 12.5. The van der Waals surface area contributed by atoms with Crippen molar-refractivity contribution in [3.8, 4) is 0 Å². The van der Waals surface area contributed by atoms with Crippen LogP contribution < -0.4 is 5.32 Å². The summed E-state index contributed by atoms with van der Waals surface area (Å²) in [6.45, 7) is 7.78. The Hall–Kier alpha value is -1.67. The smallest absolute Gasteiger partial charge is 0.341 e. The van der Waals surface area contributed by atoms with E-state index in [2.05, 4.69) is 24.1 Å². The molecule has 0 spiro atoms. The zero-order chi connectivity index (χ0) is 20.6. The molecular formula is C19H31N3O3S2. The van der Waals surface area contributed by atoms with E-state index in [4.69, 9.17) is 17.0 Å². The van der Waals surface area contributed by atoms with E-state index in [1.54, 1.807) is 21.0 Å². The lowest BCUT2D eigenvalue weighted by molar-refractivity contribution is 0.0601. The highest BCUT2D eigenvalue weighted by Gasteiger charge is 2.27. The third-order valence-electron chi connectivity index (χ3n) is 4.21.